The van der Waals surface area contributed by atoms with Crippen LogP contribution in [0.1, 0.15) is 0 Å². The van der Waals surface area contributed by atoms with Crippen LogP contribution in [0.4, 0.5) is 0 Å². The normalized spacial score (nSPS) is 11.6. The van der Waals surface area contributed by atoms with E-state index in [9.17, 15) is 0 Å². The first-order chi connectivity index (χ1) is 65.5. The summed E-state index contributed by atoms with van der Waals surface area (Å²) in [7, 11) is 0. The molecule has 27 aromatic rings. The van der Waals surface area contributed by atoms with Crippen molar-refractivity contribution in [3.63, 3.8) is 0 Å². The van der Waals surface area contributed by atoms with Crippen LogP contribution >= 0.6 is 0 Å². The third-order valence-corrected chi connectivity index (χ3v) is 24.8. The van der Waals surface area contributed by atoms with Crippen LogP contribution < -0.4 is 0 Å². The smallest absolute Gasteiger partial charge is 0.238 e. The van der Waals surface area contributed by atoms with Crippen molar-refractivity contribution in [2.75, 3.05) is 0 Å². The summed E-state index contributed by atoms with van der Waals surface area (Å²) in [5.41, 5.74) is 21.9. The van der Waals surface area contributed by atoms with Gasteiger partial charge in [0.05, 0.1) is 66.2 Å². The summed E-state index contributed by atoms with van der Waals surface area (Å²) in [6.45, 7) is 0. The zero-order valence-electron chi connectivity index (χ0n) is 70.5. The maximum atomic E-state index is 5.05. The predicted molar refractivity (Wildman–Crippen MR) is 529 cm³/mol. The topological polar surface area (TPSA) is 197 Å². The van der Waals surface area contributed by atoms with E-state index in [4.69, 9.17) is 44.9 Å². The van der Waals surface area contributed by atoms with Crippen LogP contribution in [0.25, 0.3) is 234 Å². The zero-order chi connectivity index (χ0) is 87.1. The zero-order valence-corrected chi connectivity index (χ0v) is 70.5. The Morgan fingerprint density at radius 2 is 0.341 bits per heavy atom. The minimum Gasteiger partial charge on any atom is -0.309 e. The number of benzene rings is 14. The third-order valence-electron chi connectivity index (χ3n) is 24.8. The van der Waals surface area contributed by atoms with E-state index in [0.29, 0.717) is 52.8 Å². The molecule has 0 fully saturated rings. The highest BCUT2D eigenvalue weighted by atomic mass is 15.2. The van der Waals surface area contributed by atoms with Crippen molar-refractivity contribution in [3.05, 3.63) is 432 Å². The molecule has 132 heavy (non-hydrogen) atoms. The third kappa shape index (κ3) is 13.0. The Balaban J connectivity index is 0.000000106. The summed E-state index contributed by atoms with van der Waals surface area (Å²) in [6, 6.07) is 132. The van der Waals surface area contributed by atoms with E-state index in [0.717, 1.165) is 116 Å². The number of aromatic nitrogens is 19. The maximum absolute atomic E-state index is 5.05. The molecule has 0 saturated carbocycles. The Morgan fingerprint density at radius 1 is 0.136 bits per heavy atom. The Labute approximate surface area is 753 Å². The van der Waals surface area contributed by atoms with Crippen molar-refractivity contribution in [1.29, 1.82) is 0 Å². The highest BCUT2D eigenvalue weighted by Crippen LogP contribution is 2.43. The first-order valence-corrected chi connectivity index (χ1v) is 43.6. The average Bonchev–Trinajstić information content (AvgIpc) is 1.58. The molecule has 0 aliphatic heterocycles. The molecule has 0 amide bonds. The van der Waals surface area contributed by atoms with Crippen molar-refractivity contribution >= 4 is 131 Å². The van der Waals surface area contributed by atoms with E-state index >= 15 is 0 Å². The number of para-hydroxylation sites is 9. The number of pyridine rings is 4. The van der Waals surface area contributed by atoms with Gasteiger partial charge >= 0.3 is 0 Å². The average molecular weight is 1690 g/mol. The number of hydrogen-bond acceptors (Lipinski definition) is 13. The highest BCUT2D eigenvalue weighted by Gasteiger charge is 2.26. The van der Waals surface area contributed by atoms with Gasteiger partial charge in [-0.25, -0.2) is 15.0 Å². The molecule has 0 unspecified atom stereocenters. The number of nitrogens with zero attached hydrogens (tertiary/aromatic N) is 19. The monoisotopic (exact) mass is 1690 g/mol. The van der Waals surface area contributed by atoms with Gasteiger partial charge in [0.2, 0.25) is 17.8 Å². The van der Waals surface area contributed by atoms with Crippen LogP contribution in [0.5, 0.6) is 0 Å². The van der Waals surface area contributed by atoms with Gasteiger partial charge in [0, 0.05) is 165 Å². The van der Waals surface area contributed by atoms with Gasteiger partial charge in [0.15, 0.2) is 34.9 Å². The summed E-state index contributed by atoms with van der Waals surface area (Å²) in [5.74, 6) is 5.26. The van der Waals surface area contributed by atoms with Crippen molar-refractivity contribution in [2.24, 2.45) is 0 Å². The van der Waals surface area contributed by atoms with Crippen LogP contribution in [0.3, 0.4) is 0 Å². The second-order valence-corrected chi connectivity index (χ2v) is 32.3. The molecule has 0 aliphatic carbocycles. The van der Waals surface area contributed by atoms with Gasteiger partial charge in [0.25, 0.3) is 0 Å². The van der Waals surface area contributed by atoms with E-state index in [-0.39, 0.29) is 0 Å². The minimum absolute atomic E-state index is 0.550. The van der Waals surface area contributed by atoms with E-state index in [1.54, 1.807) is 49.6 Å². The molecule has 19 nitrogen and oxygen atoms in total. The van der Waals surface area contributed by atoms with Crippen molar-refractivity contribution in [1.82, 2.24) is 92.2 Å². The SMILES string of the molecule is c1ccc(-c2nc(-c3cccnc3)nc(-n3c4ccccc4c4cc(-n5c6ccccc6c6ccccc65)ccc43)n2)cc1.c1ccc(-c2nc(-c3ccncc3)nc(-n3c4ccccc4c4cc(-n5c6ccccc6c6ccccc65)ccc43)n2)cc1.c1ccc2c(c1)c1ccccc1n2-c1ccc2c(c1)c1ccccc1n2-c1nc(-c2ccncc2)nc(-c2ccncc2)n1. The first kappa shape index (κ1) is 76.0. The summed E-state index contributed by atoms with van der Waals surface area (Å²) < 4.78 is 13.5. The van der Waals surface area contributed by atoms with Gasteiger partial charge in [-0.3, -0.25) is 33.6 Å². The largest absolute Gasteiger partial charge is 0.309 e. The lowest BCUT2D eigenvalue weighted by atomic mass is 10.1. The molecular weight excluding hydrogens is 1620 g/mol. The van der Waals surface area contributed by atoms with Gasteiger partial charge in [-0.2, -0.15) is 29.9 Å². The van der Waals surface area contributed by atoms with Gasteiger partial charge in [-0.15, -0.1) is 0 Å². The lowest BCUT2D eigenvalue weighted by molar-refractivity contribution is 0.952. The van der Waals surface area contributed by atoms with Gasteiger partial charge in [-0.05, 0) is 158 Å². The van der Waals surface area contributed by atoms with Gasteiger partial charge in [0.1, 0.15) is 0 Å². The molecule has 27 rings (SSSR count). The summed E-state index contributed by atoms with van der Waals surface area (Å²) in [6.07, 6.45) is 14.1. The van der Waals surface area contributed by atoms with Gasteiger partial charge in [-0.1, -0.05) is 224 Å². The molecule has 13 aromatic heterocycles. The lowest BCUT2D eigenvalue weighted by Crippen LogP contribution is -2.06. The van der Waals surface area contributed by atoms with E-state index in [2.05, 4.69) is 320 Å². The molecule has 19 heteroatoms. The van der Waals surface area contributed by atoms with E-state index in [1.165, 1.54) is 65.4 Å². The fraction of sp³-hybridized carbons (Fsp3) is 0. The molecule has 0 spiro atoms. The Kier molecular flexibility index (Phi) is 18.3. The number of hydrogen-bond donors (Lipinski definition) is 0. The second-order valence-electron chi connectivity index (χ2n) is 32.3. The van der Waals surface area contributed by atoms with E-state index < -0.39 is 0 Å². The molecule has 0 radical (unpaired) electrons. The standard InChI is InChI=1S/2C38H24N6.C37H23N7/c1-2-11-25(12-3-1)36-40-37(26-13-10-22-39-24-26)42-38(41-36)44-34-19-9-6-16-30(34)31-23-27(20-21-35(31)44)43-32-17-7-4-14-28(32)29-15-5-8-18-33(29)43;1-2-10-25(11-3-1)36-40-37(26-20-22-39-23-21-26)42-38(41-36)44-34-17-9-6-14-30(34)31-24-27(18-19-35(31)44)43-32-15-7-4-12-28(32)29-13-5-8-16-33(29)43;1-4-10-31-27(7-1)28-8-2-5-11-32(28)43(31)26-13-14-34-30(23-26)29-9-3-6-12-33(29)44(34)37-41-35(24-15-19-38-20-16-24)40-36(42-37)25-17-21-39-22-18-25/h2*1-24H;1-23H. The lowest BCUT2D eigenvalue weighted by Gasteiger charge is -2.11. The molecule has 0 bridgehead atoms. The van der Waals surface area contributed by atoms with Crippen LogP contribution in [-0.2, 0) is 0 Å². The quantitative estimate of drug-likeness (QED) is 0.112. The van der Waals surface area contributed by atoms with Crippen LogP contribution in [-0.4, -0.2) is 92.2 Å². The van der Waals surface area contributed by atoms with Crippen molar-refractivity contribution in [3.8, 4) is 103 Å². The molecule has 618 valence electrons. The Hall–Kier alpha value is -18.5. The van der Waals surface area contributed by atoms with E-state index in [1.807, 2.05) is 109 Å². The number of fused-ring (bicyclic) bond motifs is 18. The molecule has 0 N–H and O–H groups in total. The van der Waals surface area contributed by atoms with Crippen LogP contribution in [0, 0.1) is 0 Å². The van der Waals surface area contributed by atoms with Crippen molar-refractivity contribution in [2.45, 2.75) is 0 Å². The molecular formula is C113H71N19. The van der Waals surface area contributed by atoms with Gasteiger partial charge < -0.3 is 13.7 Å². The molecule has 13 heterocycles. The maximum Gasteiger partial charge on any atom is 0.238 e. The van der Waals surface area contributed by atoms with Crippen LogP contribution in [0.2, 0.25) is 0 Å². The molecule has 0 saturated heterocycles. The number of rotatable bonds is 12. The second kappa shape index (κ2) is 31.9. The Morgan fingerprint density at radius 3 is 0.591 bits per heavy atom. The summed E-state index contributed by atoms with van der Waals surface area (Å²) >= 11 is 0. The molecule has 14 aromatic carbocycles. The summed E-state index contributed by atoms with van der Waals surface area (Å²) in [5, 5.41) is 14.2. The fourth-order valence-electron chi connectivity index (χ4n) is 18.9. The first-order valence-electron chi connectivity index (χ1n) is 43.6. The molecule has 0 aliphatic rings. The predicted octanol–water partition coefficient (Wildman–Crippen LogP) is 25.8. The van der Waals surface area contributed by atoms with Crippen LogP contribution in [0.15, 0.2) is 432 Å². The molecule has 0 atom stereocenters. The highest BCUT2D eigenvalue weighted by molar-refractivity contribution is 6.16. The fourth-order valence-corrected chi connectivity index (χ4v) is 18.9. The summed E-state index contributed by atoms with van der Waals surface area (Å²) in [4.78, 5) is 61.7. The van der Waals surface area contributed by atoms with Crippen molar-refractivity contribution < 1.29 is 0 Å². The Bertz CT molecular complexity index is 7990. The minimum atomic E-state index is 0.550.